The van der Waals surface area contributed by atoms with E-state index in [9.17, 15) is 13.2 Å². The summed E-state index contributed by atoms with van der Waals surface area (Å²) in [6.45, 7) is 0. The summed E-state index contributed by atoms with van der Waals surface area (Å²) in [6.07, 6.45) is 1.22. The zero-order valence-electron chi connectivity index (χ0n) is 9.25. The lowest BCUT2D eigenvalue weighted by Crippen LogP contribution is -2.21. The van der Waals surface area contributed by atoms with Gasteiger partial charge in [0, 0.05) is 0 Å². The van der Waals surface area contributed by atoms with Gasteiger partial charge in [-0.25, -0.2) is 13.6 Å². The molecule has 0 spiro atoms. The second-order valence-corrected chi connectivity index (χ2v) is 5.91. The van der Waals surface area contributed by atoms with Gasteiger partial charge in [0.15, 0.2) is 0 Å². The van der Waals surface area contributed by atoms with E-state index in [1.165, 1.54) is 30.5 Å². The van der Waals surface area contributed by atoms with Crippen molar-refractivity contribution < 1.29 is 8.42 Å². The lowest BCUT2D eigenvalue weighted by atomic mass is 10.3. The Morgan fingerprint density at radius 2 is 1.74 bits per heavy atom. The highest BCUT2D eigenvalue weighted by molar-refractivity contribution is 7.89. The van der Waals surface area contributed by atoms with Crippen LogP contribution in [0.3, 0.4) is 0 Å². The molecule has 0 aliphatic heterocycles. The predicted octanol–water partition coefficient (Wildman–Crippen LogP) is 1.19. The molecule has 1 aromatic heterocycles. The summed E-state index contributed by atoms with van der Waals surface area (Å²) in [6, 6.07) is 5.30. The minimum Gasteiger partial charge on any atom is -0.266 e. The molecule has 9 heteroatoms. The fourth-order valence-electron chi connectivity index (χ4n) is 1.37. The molecule has 19 heavy (non-hydrogen) atoms. The molecule has 1 heterocycles. The molecule has 6 nitrogen and oxygen atoms in total. The summed E-state index contributed by atoms with van der Waals surface area (Å²) in [5, 5.41) is 8.66. The Morgan fingerprint density at radius 1 is 1.16 bits per heavy atom. The number of hydrogen-bond donors (Lipinski definition) is 1. The van der Waals surface area contributed by atoms with E-state index in [4.69, 9.17) is 28.3 Å². The fraction of sp³-hybridized carbons (Fsp3) is 0. The molecular formula is C10H7Cl2N3O3S. The minimum absolute atomic E-state index is 0.0454. The third-order valence-electron chi connectivity index (χ3n) is 2.29. The summed E-state index contributed by atoms with van der Waals surface area (Å²) < 4.78 is 23.2. The smallest absolute Gasteiger partial charge is 0.266 e. The first-order chi connectivity index (χ1) is 8.80. The molecule has 0 saturated carbocycles. The first-order valence-electron chi connectivity index (χ1n) is 4.87. The van der Waals surface area contributed by atoms with Crippen molar-refractivity contribution in [3.8, 4) is 5.69 Å². The Bertz CT molecular complexity index is 785. The zero-order chi connectivity index (χ0) is 14.2. The number of nitrogens with two attached hydrogens (primary N) is 1. The van der Waals surface area contributed by atoms with Crippen LogP contribution in [0.25, 0.3) is 5.69 Å². The Hall–Kier alpha value is -1.41. The second-order valence-electron chi connectivity index (χ2n) is 3.56. The van der Waals surface area contributed by atoms with Crippen molar-refractivity contribution in [1.82, 2.24) is 9.78 Å². The van der Waals surface area contributed by atoms with Crippen molar-refractivity contribution in [1.29, 1.82) is 0 Å². The van der Waals surface area contributed by atoms with Crippen LogP contribution in [0.15, 0.2) is 40.2 Å². The van der Waals surface area contributed by atoms with Gasteiger partial charge in [-0.15, -0.1) is 0 Å². The molecule has 0 aliphatic rings. The Kier molecular flexibility index (Phi) is 3.64. The highest BCUT2D eigenvalue weighted by atomic mass is 35.5. The fourth-order valence-corrected chi connectivity index (χ4v) is 2.14. The van der Waals surface area contributed by atoms with E-state index in [0.29, 0.717) is 5.69 Å². The quantitative estimate of drug-likeness (QED) is 0.899. The van der Waals surface area contributed by atoms with Gasteiger partial charge in [-0.1, -0.05) is 23.2 Å². The highest BCUT2D eigenvalue weighted by Gasteiger charge is 2.11. The molecule has 2 aromatic rings. The Labute approximate surface area is 118 Å². The molecule has 0 fully saturated rings. The van der Waals surface area contributed by atoms with Gasteiger partial charge in [0.2, 0.25) is 10.0 Å². The lowest BCUT2D eigenvalue weighted by molar-refractivity contribution is 0.598. The summed E-state index contributed by atoms with van der Waals surface area (Å²) in [4.78, 5) is 11.7. The molecule has 0 amide bonds. The van der Waals surface area contributed by atoms with E-state index in [0.717, 1.165) is 4.68 Å². The molecule has 100 valence electrons. The van der Waals surface area contributed by atoms with Crippen molar-refractivity contribution in [2.45, 2.75) is 4.90 Å². The number of rotatable bonds is 2. The van der Waals surface area contributed by atoms with Crippen molar-refractivity contribution in [2.75, 3.05) is 0 Å². The van der Waals surface area contributed by atoms with E-state index >= 15 is 0 Å². The van der Waals surface area contributed by atoms with E-state index in [-0.39, 0.29) is 14.9 Å². The van der Waals surface area contributed by atoms with E-state index < -0.39 is 15.6 Å². The van der Waals surface area contributed by atoms with Gasteiger partial charge >= 0.3 is 0 Å². The van der Waals surface area contributed by atoms with Crippen LogP contribution in [0.5, 0.6) is 0 Å². The average Bonchev–Trinajstić information content (AvgIpc) is 2.35. The first kappa shape index (κ1) is 14.0. The maximum absolute atomic E-state index is 11.8. The summed E-state index contributed by atoms with van der Waals surface area (Å²) in [7, 11) is -3.78. The molecule has 0 saturated heterocycles. The predicted molar refractivity (Wildman–Crippen MR) is 71.2 cm³/mol. The number of aromatic nitrogens is 2. The second kappa shape index (κ2) is 4.93. The van der Waals surface area contributed by atoms with Gasteiger partial charge in [0.1, 0.15) is 5.02 Å². The lowest BCUT2D eigenvalue weighted by Gasteiger charge is -2.06. The van der Waals surface area contributed by atoms with Crippen LogP contribution in [0, 0.1) is 0 Å². The monoisotopic (exact) mass is 319 g/mol. The number of hydrogen-bond acceptors (Lipinski definition) is 4. The number of benzene rings is 1. The van der Waals surface area contributed by atoms with Gasteiger partial charge in [-0.3, -0.25) is 4.79 Å². The topological polar surface area (TPSA) is 95.1 Å². The standard InChI is InChI=1S/C10H7Cl2N3O3S/c11-8-5-14-15(10(16)9(8)12)6-1-3-7(4-2-6)19(13,17)18/h1-5H,(H2,13,17,18). The molecule has 0 radical (unpaired) electrons. The largest absolute Gasteiger partial charge is 0.291 e. The normalized spacial score (nSPS) is 11.5. The Balaban J connectivity index is 2.56. The molecule has 0 unspecified atom stereocenters. The average molecular weight is 320 g/mol. The molecule has 0 aliphatic carbocycles. The maximum atomic E-state index is 11.8. The summed E-state index contributed by atoms with van der Waals surface area (Å²) in [5.74, 6) is 0. The number of halogens is 2. The first-order valence-corrected chi connectivity index (χ1v) is 7.17. The van der Waals surface area contributed by atoms with Crippen molar-refractivity contribution in [3.05, 3.63) is 50.9 Å². The number of primary sulfonamides is 1. The number of sulfonamides is 1. The molecule has 1 aromatic carbocycles. The van der Waals surface area contributed by atoms with Crippen LogP contribution >= 0.6 is 23.2 Å². The van der Waals surface area contributed by atoms with Crippen LogP contribution < -0.4 is 10.7 Å². The van der Waals surface area contributed by atoms with Crippen LogP contribution in [0.2, 0.25) is 10.0 Å². The van der Waals surface area contributed by atoms with Gasteiger partial charge in [-0.05, 0) is 24.3 Å². The van der Waals surface area contributed by atoms with Crippen molar-refractivity contribution >= 4 is 33.2 Å². The third-order valence-corrected chi connectivity index (χ3v) is 3.96. The van der Waals surface area contributed by atoms with E-state index in [2.05, 4.69) is 5.10 Å². The van der Waals surface area contributed by atoms with E-state index in [1.54, 1.807) is 0 Å². The van der Waals surface area contributed by atoms with Gasteiger partial charge in [0.05, 0.1) is 21.8 Å². The third kappa shape index (κ3) is 2.79. The van der Waals surface area contributed by atoms with Crippen LogP contribution in [-0.4, -0.2) is 18.2 Å². The Morgan fingerprint density at radius 3 is 2.26 bits per heavy atom. The maximum Gasteiger partial charge on any atom is 0.291 e. The summed E-state index contributed by atoms with van der Waals surface area (Å²) in [5.41, 5.74) is -0.256. The highest BCUT2D eigenvalue weighted by Crippen LogP contribution is 2.16. The minimum atomic E-state index is -3.78. The van der Waals surface area contributed by atoms with Gasteiger partial charge in [0.25, 0.3) is 5.56 Å². The molecule has 2 rings (SSSR count). The van der Waals surface area contributed by atoms with Crippen molar-refractivity contribution in [3.63, 3.8) is 0 Å². The van der Waals surface area contributed by atoms with Crippen LogP contribution in [-0.2, 0) is 10.0 Å². The SMILES string of the molecule is NS(=O)(=O)c1ccc(-n2ncc(Cl)c(Cl)c2=O)cc1. The summed E-state index contributed by atoms with van der Waals surface area (Å²) >= 11 is 11.4. The van der Waals surface area contributed by atoms with Crippen molar-refractivity contribution in [2.24, 2.45) is 5.14 Å². The number of nitrogens with zero attached hydrogens (tertiary/aromatic N) is 2. The van der Waals surface area contributed by atoms with Gasteiger partial charge < -0.3 is 0 Å². The molecule has 2 N–H and O–H groups in total. The van der Waals surface area contributed by atoms with E-state index in [1.807, 2.05) is 0 Å². The van der Waals surface area contributed by atoms with Gasteiger partial charge in [-0.2, -0.15) is 9.78 Å². The molecular weight excluding hydrogens is 313 g/mol. The zero-order valence-corrected chi connectivity index (χ0v) is 11.6. The molecule has 0 bridgehead atoms. The van der Waals surface area contributed by atoms with Crippen LogP contribution in [0.4, 0.5) is 0 Å². The van der Waals surface area contributed by atoms with Crippen LogP contribution in [0.1, 0.15) is 0 Å². The molecule has 0 atom stereocenters.